The second kappa shape index (κ2) is 5.80. The lowest BCUT2D eigenvalue weighted by Crippen LogP contribution is -2.04. The summed E-state index contributed by atoms with van der Waals surface area (Å²) in [5, 5.41) is 3.96. The van der Waals surface area contributed by atoms with E-state index >= 15 is 0 Å². The molecule has 2 aromatic heterocycles. The summed E-state index contributed by atoms with van der Waals surface area (Å²) in [4.78, 5) is 8.11. The van der Waals surface area contributed by atoms with Crippen molar-refractivity contribution in [1.29, 1.82) is 0 Å². The van der Waals surface area contributed by atoms with Crippen molar-refractivity contribution in [3.8, 4) is 17.6 Å². The van der Waals surface area contributed by atoms with Crippen LogP contribution in [0.5, 0.6) is 5.75 Å². The van der Waals surface area contributed by atoms with E-state index in [9.17, 15) is 0 Å². The highest BCUT2D eigenvalue weighted by Gasteiger charge is 2.02. The lowest BCUT2D eigenvalue weighted by molar-refractivity contribution is 0.288. The largest absolute Gasteiger partial charge is 0.484 e. The molecule has 0 radical (unpaired) electrons. The van der Waals surface area contributed by atoms with Gasteiger partial charge in [-0.15, -0.1) is 0 Å². The van der Waals surface area contributed by atoms with Crippen LogP contribution in [0.4, 0.5) is 0 Å². The van der Waals surface area contributed by atoms with Crippen molar-refractivity contribution in [1.82, 2.24) is 19.7 Å². The van der Waals surface area contributed by atoms with Crippen molar-refractivity contribution in [3.05, 3.63) is 36.2 Å². The van der Waals surface area contributed by atoms with Crippen molar-refractivity contribution in [3.63, 3.8) is 0 Å². The lowest BCUT2D eigenvalue weighted by Gasteiger charge is -2.05. The van der Waals surface area contributed by atoms with Crippen molar-refractivity contribution < 1.29 is 4.74 Å². The fourth-order valence-corrected chi connectivity index (χ4v) is 1.32. The third-order valence-corrected chi connectivity index (χ3v) is 2.22. The molecular weight excluding hydrogens is 230 g/mol. The third-order valence-electron chi connectivity index (χ3n) is 2.22. The molecule has 0 aliphatic carbocycles. The van der Waals surface area contributed by atoms with Crippen LogP contribution in [0.1, 0.15) is 11.4 Å². The van der Waals surface area contributed by atoms with Gasteiger partial charge in [0.1, 0.15) is 18.7 Å². The fourth-order valence-electron chi connectivity index (χ4n) is 1.32. The number of ether oxygens (including phenoxy) is 1. The first kappa shape index (κ1) is 12.1. The molecule has 2 rings (SSSR count). The second-order valence-corrected chi connectivity index (χ2v) is 3.50. The minimum absolute atomic E-state index is 0.323. The number of hydrogen-bond donors (Lipinski definition) is 1. The Balaban J connectivity index is 2.03. The number of aryl methyl sites for hydroxylation is 1. The van der Waals surface area contributed by atoms with E-state index in [1.165, 1.54) is 6.33 Å². The standard InChI is InChI=1S/C12H13N5O/c1-17-12(15-9-16-17)8-18-11-5-10(3-2-4-13)6-14-7-11/h5-7,9H,4,8,13H2,1H3. The van der Waals surface area contributed by atoms with Crippen LogP contribution in [-0.2, 0) is 13.7 Å². The molecule has 18 heavy (non-hydrogen) atoms. The van der Waals surface area contributed by atoms with Gasteiger partial charge in [0, 0.05) is 18.8 Å². The van der Waals surface area contributed by atoms with Crippen LogP contribution in [0.3, 0.4) is 0 Å². The number of aromatic nitrogens is 4. The van der Waals surface area contributed by atoms with Gasteiger partial charge in [0.25, 0.3) is 0 Å². The van der Waals surface area contributed by atoms with Crippen LogP contribution in [0.25, 0.3) is 0 Å². The molecule has 0 amide bonds. The van der Waals surface area contributed by atoms with Crippen LogP contribution >= 0.6 is 0 Å². The molecule has 2 aromatic rings. The molecule has 0 aliphatic rings. The summed E-state index contributed by atoms with van der Waals surface area (Å²) >= 11 is 0. The van der Waals surface area contributed by atoms with Crippen LogP contribution in [0, 0.1) is 11.8 Å². The molecule has 0 spiro atoms. The predicted octanol–water partition coefficient (Wildman–Crippen LogP) is 0.0993. The Bertz CT molecular complexity index is 581. The van der Waals surface area contributed by atoms with Gasteiger partial charge in [-0.2, -0.15) is 5.10 Å². The maximum atomic E-state index is 5.57. The Morgan fingerprint density at radius 1 is 1.44 bits per heavy atom. The first-order valence-electron chi connectivity index (χ1n) is 5.39. The van der Waals surface area contributed by atoms with Crippen LogP contribution in [0.2, 0.25) is 0 Å². The van der Waals surface area contributed by atoms with Crippen molar-refractivity contribution in [2.75, 3.05) is 6.54 Å². The zero-order valence-electron chi connectivity index (χ0n) is 10.00. The summed E-state index contributed by atoms with van der Waals surface area (Å²) in [6, 6.07) is 1.81. The molecule has 2 N–H and O–H groups in total. The van der Waals surface area contributed by atoms with Gasteiger partial charge in [0.15, 0.2) is 5.82 Å². The van der Waals surface area contributed by atoms with E-state index in [0.717, 1.165) is 11.4 Å². The number of hydrogen-bond acceptors (Lipinski definition) is 5. The van der Waals surface area contributed by atoms with E-state index in [1.807, 2.05) is 13.1 Å². The predicted molar refractivity (Wildman–Crippen MR) is 65.5 cm³/mol. The summed E-state index contributed by atoms with van der Waals surface area (Å²) < 4.78 is 7.23. The third kappa shape index (κ3) is 3.06. The summed E-state index contributed by atoms with van der Waals surface area (Å²) in [7, 11) is 1.81. The maximum Gasteiger partial charge on any atom is 0.164 e. The Labute approximate surface area is 105 Å². The highest BCUT2D eigenvalue weighted by Crippen LogP contribution is 2.11. The Hall–Kier alpha value is -2.39. The van der Waals surface area contributed by atoms with Gasteiger partial charge in [-0.1, -0.05) is 11.8 Å². The smallest absolute Gasteiger partial charge is 0.164 e. The van der Waals surface area contributed by atoms with Gasteiger partial charge in [0.05, 0.1) is 12.7 Å². The van der Waals surface area contributed by atoms with E-state index in [4.69, 9.17) is 10.5 Å². The molecular formula is C12H13N5O. The molecule has 0 aromatic carbocycles. The monoisotopic (exact) mass is 243 g/mol. The molecule has 92 valence electrons. The normalized spacial score (nSPS) is 9.67. The minimum atomic E-state index is 0.323. The molecule has 2 heterocycles. The second-order valence-electron chi connectivity index (χ2n) is 3.50. The van der Waals surface area contributed by atoms with E-state index in [-0.39, 0.29) is 0 Å². The number of nitrogens with zero attached hydrogens (tertiary/aromatic N) is 4. The first-order chi connectivity index (χ1) is 8.79. The molecule has 0 saturated heterocycles. The van der Waals surface area contributed by atoms with E-state index in [1.54, 1.807) is 17.1 Å². The highest BCUT2D eigenvalue weighted by atomic mass is 16.5. The number of rotatable bonds is 3. The zero-order chi connectivity index (χ0) is 12.8. The molecule has 0 bridgehead atoms. The van der Waals surface area contributed by atoms with Crippen molar-refractivity contribution in [2.24, 2.45) is 12.8 Å². The SMILES string of the molecule is Cn1ncnc1COc1cncc(C#CCN)c1. The topological polar surface area (TPSA) is 78.8 Å². The molecule has 0 unspecified atom stereocenters. The average molecular weight is 243 g/mol. The van der Waals surface area contributed by atoms with Crippen molar-refractivity contribution >= 4 is 0 Å². The molecule has 0 aliphatic heterocycles. The molecule has 0 saturated carbocycles. The number of pyridine rings is 1. The van der Waals surface area contributed by atoms with Gasteiger partial charge < -0.3 is 10.5 Å². The van der Waals surface area contributed by atoms with Gasteiger partial charge >= 0.3 is 0 Å². The maximum absolute atomic E-state index is 5.57. The van der Waals surface area contributed by atoms with Gasteiger partial charge in [0.2, 0.25) is 0 Å². The fraction of sp³-hybridized carbons (Fsp3) is 0.250. The quantitative estimate of drug-likeness (QED) is 0.773. The van der Waals surface area contributed by atoms with Gasteiger partial charge in [-0.3, -0.25) is 9.67 Å². The Morgan fingerprint density at radius 2 is 2.33 bits per heavy atom. The molecule has 6 nitrogen and oxygen atoms in total. The summed E-state index contributed by atoms with van der Waals surface area (Å²) in [6.45, 7) is 0.663. The number of nitrogens with two attached hydrogens (primary N) is 1. The molecule has 6 heteroatoms. The lowest BCUT2D eigenvalue weighted by atomic mass is 10.3. The first-order valence-corrected chi connectivity index (χ1v) is 5.39. The Kier molecular flexibility index (Phi) is 3.89. The van der Waals surface area contributed by atoms with Crippen LogP contribution < -0.4 is 10.5 Å². The minimum Gasteiger partial charge on any atom is -0.484 e. The van der Waals surface area contributed by atoms with Crippen LogP contribution in [0.15, 0.2) is 24.8 Å². The Morgan fingerprint density at radius 3 is 3.06 bits per heavy atom. The zero-order valence-corrected chi connectivity index (χ0v) is 10.00. The van der Waals surface area contributed by atoms with E-state index in [0.29, 0.717) is 18.9 Å². The van der Waals surface area contributed by atoms with Gasteiger partial charge in [-0.05, 0) is 6.07 Å². The summed E-state index contributed by atoms with van der Waals surface area (Å²) in [6.07, 6.45) is 4.78. The average Bonchev–Trinajstić information content (AvgIpc) is 2.80. The van der Waals surface area contributed by atoms with Gasteiger partial charge in [-0.25, -0.2) is 4.98 Å². The summed E-state index contributed by atoms with van der Waals surface area (Å²) in [5.41, 5.74) is 6.08. The highest BCUT2D eigenvalue weighted by molar-refractivity contribution is 5.36. The summed E-state index contributed by atoms with van der Waals surface area (Å²) in [5.74, 6) is 7.05. The van der Waals surface area contributed by atoms with E-state index in [2.05, 4.69) is 26.9 Å². The van der Waals surface area contributed by atoms with E-state index < -0.39 is 0 Å². The van der Waals surface area contributed by atoms with Crippen molar-refractivity contribution in [2.45, 2.75) is 6.61 Å². The molecule has 0 atom stereocenters. The van der Waals surface area contributed by atoms with Crippen LogP contribution in [-0.4, -0.2) is 26.3 Å². The molecule has 0 fully saturated rings.